The Labute approximate surface area is 186 Å². The van der Waals surface area contributed by atoms with Gasteiger partial charge in [-0.15, -0.1) is 0 Å². The first-order chi connectivity index (χ1) is 13.4. The third kappa shape index (κ3) is 19.9. The zero-order valence-electron chi connectivity index (χ0n) is 18.3. The van der Waals surface area contributed by atoms with Crippen LogP contribution >= 0.6 is 0 Å². The van der Waals surface area contributed by atoms with Crippen molar-refractivity contribution in [2.75, 3.05) is 80.4 Å². The molecule has 0 rings (SSSR count). The monoisotopic (exact) mass is 438 g/mol. The van der Waals surface area contributed by atoms with Gasteiger partial charge in [0.25, 0.3) is 0 Å². The number of ether oxygens (including phenoxy) is 7. The molecule has 0 fully saturated rings. The summed E-state index contributed by atoms with van der Waals surface area (Å²) >= 11 is 0. The molecular formula is C17H35LiO10S. The van der Waals surface area contributed by atoms with Gasteiger partial charge in [0.05, 0.1) is 49.8 Å². The van der Waals surface area contributed by atoms with Crippen LogP contribution < -0.4 is 18.9 Å². The quantitative estimate of drug-likeness (QED) is 0.111. The van der Waals surface area contributed by atoms with Crippen molar-refractivity contribution in [3.63, 3.8) is 0 Å². The molecule has 12 heteroatoms. The number of rotatable bonds is 20. The summed E-state index contributed by atoms with van der Waals surface area (Å²) in [4.78, 5) is 0. The van der Waals surface area contributed by atoms with Gasteiger partial charge in [0, 0.05) is 40.8 Å². The maximum atomic E-state index is 10.6. The molecule has 170 valence electrons. The Morgan fingerprint density at radius 3 is 1.38 bits per heavy atom. The van der Waals surface area contributed by atoms with Crippen LogP contribution in [-0.2, 0) is 43.3 Å². The van der Waals surface area contributed by atoms with E-state index in [9.17, 15) is 13.0 Å². The average Bonchev–Trinajstić information content (AvgIpc) is 2.62. The molecule has 0 radical (unpaired) electrons. The molecule has 0 aliphatic heterocycles. The number of hydrogen-bond donors (Lipinski definition) is 0. The van der Waals surface area contributed by atoms with Crippen LogP contribution in [0, 0.1) is 0 Å². The zero-order chi connectivity index (χ0) is 21.3. The average molecular weight is 438 g/mol. The van der Waals surface area contributed by atoms with E-state index < -0.39 is 22.0 Å². The molecule has 0 N–H and O–H groups in total. The summed E-state index contributed by atoms with van der Waals surface area (Å²) in [5, 5.41) is 0. The molecule has 0 unspecified atom stereocenters. The van der Waals surface area contributed by atoms with Crippen LogP contribution in [0.1, 0.15) is 12.8 Å². The van der Waals surface area contributed by atoms with E-state index in [2.05, 4.69) is 0 Å². The first-order valence-electron chi connectivity index (χ1n) is 9.10. The molecule has 0 heterocycles. The smallest absolute Gasteiger partial charge is 0.748 e. The number of methoxy groups -OCH3 is 4. The minimum Gasteiger partial charge on any atom is -0.748 e. The van der Waals surface area contributed by atoms with Crippen LogP contribution in [0.4, 0.5) is 0 Å². The van der Waals surface area contributed by atoms with Crippen molar-refractivity contribution in [2.24, 2.45) is 0 Å². The molecular weight excluding hydrogens is 403 g/mol. The Hall–Kier alpha value is 0.227. The van der Waals surface area contributed by atoms with E-state index in [-0.39, 0.29) is 57.3 Å². The molecule has 0 saturated carbocycles. The molecule has 0 atom stereocenters. The van der Waals surface area contributed by atoms with Crippen molar-refractivity contribution in [1.29, 1.82) is 0 Å². The predicted octanol–water partition coefficient (Wildman–Crippen LogP) is -2.94. The SMILES string of the molecule is COCC(COC)OCC(COC(COC)COC)OCCCCS(=O)(=O)[O-].[Li+]. The van der Waals surface area contributed by atoms with Crippen LogP contribution in [-0.4, -0.2) is 112 Å². The molecule has 0 aromatic heterocycles. The van der Waals surface area contributed by atoms with Crippen molar-refractivity contribution in [2.45, 2.75) is 31.2 Å². The van der Waals surface area contributed by atoms with Crippen molar-refractivity contribution in [1.82, 2.24) is 0 Å². The minimum atomic E-state index is -4.20. The third-order valence-electron chi connectivity index (χ3n) is 3.59. The van der Waals surface area contributed by atoms with Gasteiger partial charge >= 0.3 is 18.9 Å². The van der Waals surface area contributed by atoms with Crippen LogP contribution in [0.5, 0.6) is 0 Å². The summed E-state index contributed by atoms with van der Waals surface area (Å²) in [6.07, 6.45) is -0.208. The van der Waals surface area contributed by atoms with Gasteiger partial charge in [0.2, 0.25) is 0 Å². The van der Waals surface area contributed by atoms with Gasteiger partial charge < -0.3 is 37.7 Å². The first kappa shape index (κ1) is 31.4. The predicted molar refractivity (Wildman–Crippen MR) is 101 cm³/mol. The second kappa shape index (κ2) is 20.1. The third-order valence-corrected chi connectivity index (χ3v) is 4.38. The summed E-state index contributed by atoms with van der Waals surface area (Å²) < 4.78 is 69.7. The molecule has 0 saturated heterocycles. The molecule has 0 aromatic rings. The minimum absolute atomic E-state index is 0. The van der Waals surface area contributed by atoms with Gasteiger partial charge in [-0.1, -0.05) is 0 Å². The van der Waals surface area contributed by atoms with E-state index in [1.807, 2.05) is 0 Å². The number of hydrogen-bond acceptors (Lipinski definition) is 10. The van der Waals surface area contributed by atoms with Gasteiger partial charge in [-0.3, -0.25) is 0 Å². The zero-order valence-corrected chi connectivity index (χ0v) is 19.1. The maximum absolute atomic E-state index is 10.6. The Morgan fingerprint density at radius 2 is 1.03 bits per heavy atom. The molecule has 10 nitrogen and oxygen atoms in total. The Bertz CT molecular complexity index is 419. The molecule has 0 aliphatic rings. The summed E-state index contributed by atoms with van der Waals surface area (Å²) in [5.41, 5.74) is 0. The van der Waals surface area contributed by atoms with Gasteiger partial charge in [-0.25, -0.2) is 8.42 Å². The largest absolute Gasteiger partial charge is 1.00 e. The van der Waals surface area contributed by atoms with Gasteiger partial charge in [0.1, 0.15) is 18.3 Å². The van der Waals surface area contributed by atoms with Crippen LogP contribution in [0.25, 0.3) is 0 Å². The topological polar surface area (TPSA) is 122 Å². The molecule has 0 bridgehead atoms. The Morgan fingerprint density at radius 1 is 0.655 bits per heavy atom. The van der Waals surface area contributed by atoms with Crippen LogP contribution in [0.2, 0.25) is 0 Å². The van der Waals surface area contributed by atoms with Crippen molar-refractivity contribution in [3.05, 3.63) is 0 Å². The fourth-order valence-electron chi connectivity index (χ4n) is 2.29. The second-order valence-electron chi connectivity index (χ2n) is 6.19. The normalized spacial score (nSPS) is 12.1. The fourth-order valence-corrected chi connectivity index (χ4v) is 2.85. The Balaban J connectivity index is 0. The van der Waals surface area contributed by atoms with Crippen molar-refractivity contribution in [3.8, 4) is 0 Å². The summed E-state index contributed by atoms with van der Waals surface area (Å²) in [6.45, 7) is 2.26. The molecule has 29 heavy (non-hydrogen) atoms. The standard InChI is InChI=1S/C17H36O10S.Li/c1-21-9-15(10-22-2)26-13-17(14-27-16(11-23-3)12-24-4)25-7-5-6-8-28(18,19)20;/h15-17H,5-14H2,1-4H3,(H,18,19,20);/q;+1/p-1. The van der Waals surface area contributed by atoms with E-state index in [1.165, 1.54) is 0 Å². The molecule has 0 spiro atoms. The fraction of sp³-hybridized carbons (Fsp3) is 1.00. The van der Waals surface area contributed by atoms with E-state index in [4.69, 9.17) is 33.2 Å². The van der Waals surface area contributed by atoms with E-state index in [0.29, 0.717) is 32.8 Å². The van der Waals surface area contributed by atoms with E-state index in [0.717, 1.165) is 0 Å². The van der Waals surface area contributed by atoms with Crippen molar-refractivity contribution < 1.29 is 65.0 Å². The second-order valence-corrected chi connectivity index (χ2v) is 7.72. The maximum Gasteiger partial charge on any atom is 1.00 e. The van der Waals surface area contributed by atoms with Gasteiger partial charge in [-0.2, -0.15) is 0 Å². The van der Waals surface area contributed by atoms with E-state index >= 15 is 0 Å². The number of unbranched alkanes of at least 4 members (excludes halogenated alkanes) is 1. The molecule has 0 aliphatic carbocycles. The summed E-state index contributed by atoms with van der Waals surface area (Å²) in [7, 11) is 2.10. The first-order valence-corrected chi connectivity index (χ1v) is 10.7. The molecule has 0 amide bonds. The van der Waals surface area contributed by atoms with Crippen molar-refractivity contribution >= 4 is 10.1 Å². The Kier molecular flexibility index (Phi) is 21.8. The van der Waals surface area contributed by atoms with Crippen LogP contribution in [0.3, 0.4) is 0 Å². The van der Waals surface area contributed by atoms with E-state index in [1.54, 1.807) is 28.4 Å². The van der Waals surface area contributed by atoms with Gasteiger partial charge in [0.15, 0.2) is 0 Å². The van der Waals surface area contributed by atoms with Gasteiger partial charge in [-0.05, 0) is 12.8 Å². The summed E-state index contributed by atoms with van der Waals surface area (Å²) in [6, 6.07) is 0. The summed E-state index contributed by atoms with van der Waals surface area (Å²) in [5.74, 6) is -0.401. The molecule has 0 aromatic carbocycles. The van der Waals surface area contributed by atoms with Crippen LogP contribution in [0.15, 0.2) is 0 Å².